The third-order valence-corrected chi connectivity index (χ3v) is 7.01. The minimum absolute atomic E-state index is 0.0669. The molecule has 3 atom stereocenters. The van der Waals surface area contributed by atoms with E-state index in [2.05, 4.69) is 10.0 Å². The molecular formula is C22H27ClN2O6S. The molecule has 0 aliphatic carbocycles. The Bertz CT molecular complexity index is 1020. The highest BCUT2D eigenvalue weighted by molar-refractivity contribution is 7.89. The van der Waals surface area contributed by atoms with E-state index in [0.29, 0.717) is 30.2 Å². The summed E-state index contributed by atoms with van der Waals surface area (Å²) in [6.07, 6.45) is -0.118. The van der Waals surface area contributed by atoms with E-state index < -0.39 is 28.3 Å². The van der Waals surface area contributed by atoms with Gasteiger partial charge in [0.25, 0.3) is 0 Å². The lowest BCUT2D eigenvalue weighted by atomic mass is 9.98. The van der Waals surface area contributed by atoms with Gasteiger partial charge in [0.1, 0.15) is 5.75 Å². The van der Waals surface area contributed by atoms with Crippen LogP contribution in [0.25, 0.3) is 0 Å². The molecule has 3 N–H and O–H groups in total. The molecule has 1 saturated heterocycles. The summed E-state index contributed by atoms with van der Waals surface area (Å²) in [5.41, 5.74) is 0.924. The molecule has 32 heavy (non-hydrogen) atoms. The number of aliphatic hydroxyl groups is 1. The molecular weight excluding hydrogens is 456 g/mol. The van der Waals surface area contributed by atoms with Crippen LogP contribution in [0, 0.1) is 0 Å². The van der Waals surface area contributed by atoms with Crippen LogP contribution in [0.4, 0.5) is 0 Å². The fourth-order valence-corrected chi connectivity index (χ4v) is 4.99. The standard InChI is InChI=1S/C22H27ClN2O6S/c1-30-17-3-2-4-19(11-17)32(28,29)25-20-10-9-18(31-21(20)14-26)12-22(27)24-13-15-5-7-16(23)8-6-15/h2-8,11,18,20-21,25-26H,9-10,12-14H2,1H3,(H,24,27)/t18-,20-,21-/m1/s1. The average Bonchev–Trinajstić information content (AvgIpc) is 2.79. The lowest BCUT2D eigenvalue weighted by Crippen LogP contribution is -2.51. The highest BCUT2D eigenvalue weighted by atomic mass is 35.5. The van der Waals surface area contributed by atoms with E-state index in [1.165, 1.54) is 19.2 Å². The van der Waals surface area contributed by atoms with Crippen molar-refractivity contribution in [1.82, 2.24) is 10.0 Å². The van der Waals surface area contributed by atoms with Gasteiger partial charge in [-0.15, -0.1) is 0 Å². The second-order valence-corrected chi connectivity index (χ2v) is 9.72. The van der Waals surface area contributed by atoms with Gasteiger partial charge < -0.3 is 19.9 Å². The first-order valence-electron chi connectivity index (χ1n) is 10.2. The van der Waals surface area contributed by atoms with Crippen molar-refractivity contribution in [3.8, 4) is 5.75 Å². The summed E-state index contributed by atoms with van der Waals surface area (Å²) in [6, 6.07) is 12.7. The number of benzene rings is 2. The Morgan fingerprint density at radius 3 is 2.66 bits per heavy atom. The molecule has 174 valence electrons. The largest absolute Gasteiger partial charge is 0.497 e. The fraction of sp³-hybridized carbons (Fsp3) is 0.409. The number of methoxy groups -OCH3 is 1. The quantitative estimate of drug-likeness (QED) is 0.505. The number of hydrogen-bond donors (Lipinski definition) is 3. The van der Waals surface area contributed by atoms with E-state index in [-0.39, 0.29) is 23.8 Å². The van der Waals surface area contributed by atoms with E-state index >= 15 is 0 Å². The van der Waals surface area contributed by atoms with Gasteiger partial charge >= 0.3 is 0 Å². The van der Waals surface area contributed by atoms with Crippen LogP contribution in [0.5, 0.6) is 5.75 Å². The molecule has 0 saturated carbocycles. The SMILES string of the molecule is COc1cccc(S(=O)(=O)N[C@@H]2CC[C@H](CC(=O)NCc3ccc(Cl)cc3)O[C@@H]2CO)c1. The molecule has 1 aliphatic heterocycles. The predicted octanol–water partition coefficient (Wildman–Crippen LogP) is 2.24. The van der Waals surface area contributed by atoms with Crippen LogP contribution in [0.15, 0.2) is 53.4 Å². The first kappa shape index (κ1) is 24.5. The average molecular weight is 483 g/mol. The molecule has 1 fully saturated rings. The Morgan fingerprint density at radius 1 is 1.22 bits per heavy atom. The van der Waals surface area contributed by atoms with Gasteiger partial charge in [-0.1, -0.05) is 29.8 Å². The molecule has 1 amide bonds. The lowest BCUT2D eigenvalue weighted by Gasteiger charge is -2.35. The molecule has 0 bridgehead atoms. The summed E-state index contributed by atoms with van der Waals surface area (Å²) >= 11 is 5.86. The van der Waals surface area contributed by atoms with Crippen LogP contribution < -0.4 is 14.8 Å². The number of hydrogen-bond acceptors (Lipinski definition) is 6. The number of ether oxygens (including phenoxy) is 2. The summed E-state index contributed by atoms with van der Waals surface area (Å²) in [5, 5.41) is 13.2. The van der Waals surface area contributed by atoms with Gasteiger partial charge in [-0.2, -0.15) is 0 Å². The number of carbonyl (C=O) groups is 1. The summed E-state index contributed by atoms with van der Waals surface area (Å²) in [5.74, 6) is 0.244. The van der Waals surface area contributed by atoms with E-state index in [1.54, 1.807) is 24.3 Å². The number of carbonyl (C=O) groups excluding carboxylic acids is 1. The zero-order valence-electron chi connectivity index (χ0n) is 17.7. The monoisotopic (exact) mass is 482 g/mol. The van der Waals surface area contributed by atoms with Crippen LogP contribution in [0.3, 0.4) is 0 Å². The molecule has 2 aromatic carbocycles. The molecule has 2 aromatic rings. The van der Waals surface area contributed by atoms with Gasteiger partial charge in [-0.25, -0.2) is 13.1 Å². The van der Waals surface area contributed by atoms with Crippen LogP contribution in [0.1, 0.15) is 24.8 Å². The number of rotatable bonds is 9. The molecule has 0 unspecified atom stereocenters. The molecule has 0 aromatic heterocycles. The van der Waals surface area contributed by atoms with Crippen molar-refractivity contribution in [1.29, 1.82) is 0 Å². The van der Waals surface area contributed by atoms with Gasteiger partial charge in [-0.3, -0.25) is 4.79 Å². The minimum Gasteiger partial charge on any atom is -0.497 e. The number of aliphatic hydroxyl groups excluding tert-OH is 1. The zero-order valence-corrected chi connectivity index (χ0v) is 19.2. The maximum Gasteiger partial charge on any atom is 0.241 e. The first-order valence-corrected chi connectivity index (χ1v) is 12.1. The molecule has 1 aliphatic rings. The van der Waals surface area contributed by atoms with Gasteiger partial charge in [0.05, 0.1) is 43.3 Å². The maximum absolute atomic E-state index is 12.8. The van der Waals surface area contributed by atoms with Crippen molar-refractivity contribution < 1.29 is 27.8 Å². The molecule has 10 heteroatoms. The van der Waals surface area contributed by atoms with Crippen molar-refractivity contribution in [3.05, 3.63) is 59.1 Å². The van der Waals surface area contributed by atoms with Crippen molar-refractivity contribution in [2.24, 2.45) is 0 Å². The first-order chi connectivity index (χ1) is 15.3. The fourth-order valence-electron chi connectivity index (χ4n) is 3.53. The van der Waals surface area contributed by atoms with Crippen molar-refractivity contribution >= 4 is 27.5 Å². The van der Waals surface area contributed by atoms with Gasteiger partial charge in [0.2, 0.25) is 15.9 Å². The van der Waals surface area contributed by atoms with Crippen molar-refractivity contribution in [2.45, 2.75) is 49.0 Å². The van der Waals surface area contributed by atoms with Gasteiger partial charge in [-0.05, 0) is 42.7 Å². The van der Waals surface area contributed by atoms with Crippen LogP contribution in [0.2, 0.25) is 5.02 Å². The topological polar surface area (TPSA) is 114 Å². The Morgan fingerprint density at radius 2 is 1.97 bits per heavy atom. The smallest absolute Gasteiger partial charge is 0.241 e. The van der Waals surface area contributed by atoms with Crippen molar-refractivity contribution in [2.75, 3.05) is 13.7 Å². The second kappa shape index (κ2) is 11.1. The lowest BCUT2D eigenvalue weighted by molar-refractivity contribution is -0.130. The second-order valence-electron chi connectivity index (χ2n) is 7.57. The summed E-state index contributed by atoms with van der Waals surface area (Å²) in [7, 11) is -2.37. The van der Waals surface area contributed by atoms with Crippen molar-refractivity contribution in [3.63, 3.8) is 0 Å². The predicted molar refractivity (Wildman–Crippen MR) is 120 cm³/mol. The number of nitrogens with one attached hydrogen (secondary N) is 2. The van der Waals surface area contributed by atoms with Crippen LogP contribution >= 0.6 is 11.6 Å². The molecule has 8 nitrogen and oxygen atoms in total. The summed E-state index contributed by atoms with van der Waals surface area (Å²) < 4.78 is 39.0. The van der Waals surface area contributed by atoms with E-state index in [9.17, 15) is 18.3 Å². The summed E-state index contributed by atoms with van der Waals surface area (Å²) in [6.45, 7) is 0.00328. The minimum atomic E-state index is -3.83. The summed E-state index contributed by atoms with van der Waals surface area (Å²) in [4.78, 5) is 12.4. The molecule has 0 spiro atoms. The number of amides is 1. The van der Waals surface area contributed by atoms with E-state index in [0.717, 1.165) is 5.56 Å². The molecule has 0 radical (unpaired) electrons. The third-order valence-electron chi connectivity index (χ3n) is 5.27. The third kappa shape index (κ3) is 6.66. The number of sulfonamides is 1. The van der Waals surface area contributed by atoms with Crippen LogP contribution in [-0.2, 0) is 26.1 Å². The number of halogens is 1. The van der Waals surface area contributed by atoms with Gasteiger partial charge in [0, 0.05) is 17.6 Å². The Balaban J connectivity index is 1.53. The van der Waals surface area contributed by atoms with Gasteiger partial charge in [0.15, 0.2) is 0 Å². The highest BCUT2D eigenvalue weighted by Crippen LogP contribution is 2.24. The van der Waals surface area contributed by atoms with E-state index in [1.807, 2.05) is 12.1 Å². The molecule has 3 rings (SSSR count). The van der Waals surface area contributed by atoms with Crippen LogP contribution in [-0.4, -0.2) is 51.4 Å². The Hall–Kier alpha value is -2.17. The normalized spacial score (nSPS) is 21.2. The van der Waals surface area contributed by atoms with E-state index in [4.69, 9.17) is 21.1 Å². The maximum atomic E-state index is 12.8. The zero-order chi connectivity index (χ0) is 23.1. The Labute approximate surface area is 192 Å². The Kier molecular flexibility index (Phi) is 8.50. The molecule has 1 heterocycles. The highest BCUT2D eigenvalue weighted by Gasteiger charge is 2.34.